The molecule has 2 rings (SSSR count). The van der Waals surface area contributed by atoms with E-state index in [-0.39, 0.29) is 6.10 Å². The smallest absolute Gasteiger partial charge is 0.0950 e. The Kier molecular flexibility index (Phi) is 3.21. The molecule has 1 fully saturated rings. The third-order valence-electron chi connectivity index (χ3n) is 2.44. The first kappa shape index (κ1) is 10.1. The van der Waals surface area contributed by atoms with Gasteiger partial charge in [-0.25, -0.2) is 0 Å². The summed E-state index contributed by atoms with van der Waals surface area (Å²) in [5.74, 6) is 0. The van der Waals surface area contributed by atoms with Crippen molar-refractivity contribution in [3.63, 3.8) is 0 Å². The van der Waals surface area contributed by atoms with E-state index in [1.54, 1.807) is 0 Å². The SMILES string of the molecule is C[C@H]1CO[C@@H](c2ccc(Br)cc2)CN1. The number of morpholine rings is 1. The molecule has 0 aliphatic carbocycles. The molecular formula is C11H14BrNO. The third-order valence-corrected chi connectivity index (χ3v) is 2.97. The standard InChI is InChI=1S/C11H14BrNO/c1-8-7-14-11(6-13-8)9-2-4-10(12)5-3-9/h2-5,8,11,13H,6-7H2,1H3/t8-,11+/m0/s1. The Morgan fingerprint density at radius 2 is 2.07 bits per heavy atom. The predicted octanol–water partition coefficient (Wildman–Crippen LogP) is 2.50. The van der Waals surface area contributed by atoms with E-state index < -0.39 is 0 Å². The second-order valence-corrected chi connectivity index (χ2v) is 4.60. The Morgan fingerprint density at radius 3 is 2.64 bits per heavy atom. The molecular weight excluding hydrogens is 242 g/mol. The monoisotopic (exact) mass is 255 g/mol. The van der Waals surface area contributed by atoms with Gasteiger partial charge in [-0.15, -0.1) is 0 Å². The molecule has 1 aliphatic rings. The molecule has 0 bridgehead atoms. The molecule has 1 N–H and O–H groups in total. The van der Waals surface area contributed by atoms with Gasteiger partial charge in [0.05, 0.1) is 12.7 Å². The van der Waals surface area contributed by atoms with Gasteiger partial charge in [0.2, 0.25) is 0 Å². The molecule has 0 spiro atoms. The van der Waals surface area contributed by atoms with E-state index in [1.165, 1.54) is 5.56 Å². The molecule has 1 aromatic carbocycles. The van der Waals surface area contributed by atoms with E-state index in [0.717, 1.165) is 17.6 Å². The van der Waals surface area contributed by atoms with Crippen LogP contribution in [0.3, 0.4) is 0 Å². The van der Waals surface area contributed by atoms with Crippen LogP contribution in [0, 0.1) is 0 Å². The Balaban J connectivity index is 2.05. The van der Waals surface area contributed by atoms with E-state index in [4.69, 9.17) is 4.74 Å². The predicted molar refractivity (Wildman–Crippen MR) is 60.3 cm³/mol. The second-order valence-electron chi connectivity index (χ2n) is 3.68. The molecule has 1 aromatic rings. The second kappa shape index (κ2) is 4.43. The van der Waals surface area contributed by atoms with Gasteiger partial charge in [-0.2, -0.15) is 0 Å². The number of ether oxygens (including phenoxy) is 1. The summed E-state index contributed by atoms with van der Waals surface area (Å²) < 4.78 is 6.85. The van der Waals surface area contributed by atoms with Gasteiger partial charge in [0.25, 0.3) is 0 Å². The lowest BCUT2D eigenvalue weighted by molar-refractivity contribution is 0.00695. The van der Waals surface area contributed by atoms with Crippen LogP contribution in [0.2, 0.25) is 0 Å². The van der Waals surface area contributed by atoms with Crippen LogP contribution in [0.4, 0.5) is 0 Å². The highest BCUT2D eigenvalue weighted by Crippen LogP contribution is 2.21. The van der Waals surface area contributed by atoms with Gasteiger partial charge in [-0.1, -0.05) is 28.1 Å². The molecule has 1 aliphatic heterocycles. The molecule has 0 saturated carbocycles. The van der Waals surface area contributed by atoms with Crippen molar-refractivity contribution in [3.05, 3.63) is 34.3 Å². The lowest BCUT2D eigenvalue weighted by atomic mass is 10.1. The Labute approximate surface area is 92.8 Å². The molecule has 0 amide bonds. The fourth-order valence-electron chi connectivity index (χ4n) is 1.58. The minimum Gasteiger partial charge on any atom is -0.371 e. The molecule has 1 heterocycles. The number of hydrogen-bond acceptors (Lipinski definition) is 2. The lowest BCUT2D eigenvalue weighted by Gasteiger charge is -2.28. The van der Waals surface area contributed by atoms with Crippen molar-refractivity contribution < 1.29 is 4.74 Å². The van der Waals surface area contributed by atoms with Crippen LogP contribution in [-0.2, 0) is 4.74 Å². The molecule has 0 radical (unpaired) electrons. The van der Waals surface area contributed by atoms with Crippen LogP contribution in [0.25, 0.3) is 0 Å². The van der Waals surface area contributed by atoms with Crippen molar-refractivity contribution in [1.29, 1.82) is 0 Å². The van der Waals surface area contributed by atoms with Crippen molar-refractivity contribution in [2.75, 3.05) is 13.2 Å². The normalized spacial score (nSPS) is 27.6. The van der Waals surface area contributed by atoms with Crippen molar-refractivity contribution >= 4 is 15.9 Å². The first-order chi connectivity index (χ1) is 6.75. The average Bonchev–Trinajstić information content (AvgIpc) is 2.21. The Morgan fingerprint density at radius 1 is 1.36 bits per heavy atom. The zero-order valence-corrected chi connectivity index (χ0v) is 9.75. The molecule has 0 aromatic heterocycles. The molecule has 2 nitrogen and oxygen atoms in total. The van der Waals surface area contributed by atoms with E-state index in [9.17, 15) is 0 Å². The summed E-state index contributed by atoms with van der Waals surface area (Å²) in [7, 11) is 0. The fraction of sp³-hybridized carbons (Fsp3) is 0.455. The van der Waals surface area contributed by atoms with Gasteiger partial charge in [0.15, 0.2) is 0 Å². The maximum absolute atomic E-state index is 5.74. The van der Waals surface area contributed by atoms with Crippen LogP contribution in [0.5, 0.6) is 0 Å². The third kappa shape index (κ3) is 2.35. The lowest BCUT2D eigenvalue weighted by Crippen LogP contribution is -2.40. The van der Waals surface area contributed by atoms with Gasteiger partial charge in [0.1, 0.15) is 0 Å². The molecule has 1 saturated heterocycles. The number of halogens is 1. The van der Waals surface area contributed by atoms with Gasteiger partial charge in [0, 0.05) is 17.1 Å². The number of hydrogen-bond donors (Lipinski definition) is 1. The minimum absolute atomic E-state index is 0.208. The molecule has 76 valence electrons. The molecule has 3 heteroatoms. The van der Waals surface area contributed by atoms with Crippen LogP contribution < -0.4 is 5.32 Å². The van der Waals surface area contributed by atoms with Gasteiger partial charge < -0.3 is 10.1 Å². The summed E-state index contributed by atoms with van der Waals surface area (Å²) in [6.45, 7) is 3.83. The van der Waals surface area contributed by atoms with Crippen LogP contribution in [-0.4, -0.2) is 19.2 Å². The summed E-state index contributed by atoms with van der Waals surface area (Å²) in [6, 6.07) is 8.79. The number of nitrogens with one attached hydrogen (secondary N) is 1. The summed E-state index contributed by atoms with van der Waals surface area (Å²) in [6.07, 6.45) is 0.208. The molecule has 0 unspecified atom stereocenters. The van der Waals surface area contributed by atoms with Crippen LogP contribution in [0.15, 0.2) is 28.7 Å². The van der Waals surface area contributed by atoms with Crippen molar-refractivity contribution in [3.8, 4) is 0 Å². The highest BCUT2D eigenvalue weighted by atomic mass is 79.9. The first-order valence-electron chi connectivity index (χ1n) is 4.86. The number of rotatable bonds is 1. The molecule has 14 heavy (non-hydrogen) atoms. The highest BCUT2D eigenvalue weighted by molar-refractivity contribution is 9.10. The van der Waals surface area contributed by atoms with Crippen LogP contribution >= 0.6 is 15.9 Å². The summed E-state index contributed by atoms with van der Waals surface area (Å²) in [5, 5.41) is 3.41. The van der Waals surface area contributed by atoms with Crippen molar-refractivity contribution in [2.24, 2.45) is 0 Å². The first-order valence-corrected chi connectivity index (χ1v) is 5.65. The average molecular weight is 256 g/mol. The largest absolute Gasteiger partial charge is 0.371 e. The maximum Gasteiger partial charge on any atom is 0.0950 e. The van der Waals surface area contributed by atoms with Gasteiger partial charge in [-0.3, -0.25) is 0 Å². The maximum atomic E-state index is 5.74. The Bertz CT molecular complexity index is 291. The van der Waals surface area contributed by atoms with E-state index >= 15 is 0 Å². The van der Waals surface area contributed by atoms with E-state index in [1.807, 2.05) is 0 Å². The van der Waals surface area contributed by atoms with E-state index in [2.05, 4.69) is 52.4 Å². The van der Waals surface area contributed by atoms with Gasteiger partial charge in [-0.05, 0) is 24.6 Å². The summed E-state index contributed by atoms with van der Waals surface area (Å²) in [5.41, 5.74) is 1.24. The Hall–Kier alpha value is -0.380. The zero-order valence-electron chi connectivity index (χ0n) is 8.16. The topological polar surface area (TPSA) is 21.3 Å². The van der Waals surface area contributed by atoms with Crippen molar-refractivity contribution in [2.45, 2.75) is 19.1 Å². The number of benzene rings is 1. The fourth-order valence-corrected chi connectivity index (χ4v) is 1.84. The van der Waals surface area contributed by atoms with Crippen molar-refractivity contribution in [1.82, 2.24) is 5.32 Å². The van der Waals surface area contributed by atoms with Crippen LogP contribution in [0.1, 0.15) is 18.6 Å². The quantitative estimate of drug-likeness (QED) is 0.833. The molecule has 2 atom stereocenters. The summed E-state index contributed by atoms with van der Waals surface area (Å²) in [4.78, 5) is 0. The zero-order chi connectivity index (χ0) is 9.97. The van der Waals surface area contributed by atoms with Gasteiger partial charge >= 0.3 is 0 Å². The summed E-state index contributed by atoms with van der Waals surface area (Å²) >= 11 is 3.42. The minimum atomic E-state index is 0.208. The highest BCUT2D eigenvalue weighted by Gasteiger charge is 2.18. The van der Waals surface area contributed by atoms with E-state index in [0.29, 0.717) is 6.04 Å².